The van der Waals surface area contributed by atoms with Crippen molar-refractivity contribution in [1.82, 2.24) is 0 Å². The molecular weight excluding hydrogens is 294 g/mol. The van der Waals surface area contributed by atoms with E-state index in [0.717, 1.165) is 50.1 Å². The van der Waals surface area contributed by atoms with Crippen LogP contribution in [0.4, 0.5) is 5.69 Å². The molecule has 2 heterocycles. The van der Waals surface area contributed by atoms with Gasteiger partial charge in [-0.3, -0.25) is 9.59 Å². The van der Waals surface area contributed by atoms with E-state index in [4.69, 9.17) is 9.47 Å². The minimum Gasteiger partial charge on any atom is -0.463 e. The molecule has 2 fully saturated rings. The van der Waals surface area contributed by atoms with Crippen LogP contribution in [-0.4, -0.2) is 37.7 Å². The summed E-state index contributed by atoms with van der Waals surface area (Å²) >= 11 is 0. The number of ether oxygens (including phenoxy) is 2. The predicted molar refractivity (Wildman–Crippen MR) is 86.3 cm³/mol. The minimum atomic E-state index is -0.232. The number of nitrogens with zero attached hydrogens (tertiary/aromatic N) is 1. The fourth-order valence-electron chi connectivity index (χ4n) is 3.06. The average molecular weight is 317 g/mol. The summed E-state index contributed by atoms with van der Waals surface area (Å²) in [7, 11) is 0. The lowest BCUT2D eigenvalue weighted by Crippen LogP contribution is -2.26. The molecule has 1 aromatic rings. The van der Waals surface area contributed by atoms with Gasteiger partial charge in [0.05, 0.1) is 12.5 Å². The van der Waals surface area contributed by atoms with Gasteiger partial charge in [0.25, 0.3) is 0 Å². The topological polar surface area (TPSA) is 55.8 Å². The van der Waals surface area contributed by atoms with Crippen molar-refractivity contribution in [2.24, 2.45) is 0 Å². The van der Waals surface area contributed by atoms with Gasteiger partial charge in [-0.2, -0.15) is 0 Å². The number of carbonyl (C=O) groups excluding carboxylic acids is 2. The first-order chi connectivity index (χ1) is 11.2. The maximum absolute atomic E-state index is 11.9. The number of amides is 1. The molecule has 3 rings (SSSR count). The lowest BCUT2D eigenvalue weighted by molar-refractivity contribution is -0.148. The number of hydrogen-bond donors (Lipinski definition) is 0. The summed E-state index contributed by atoms with van der Waals surface area (Å²) < 4.78 is 10.9. The number of rotatable bonds is 5. The third-order valence-electron chi connectivity index (χ3n) is 4.37. The van der Waals surface area contributed by atoms with E-state index in [0.29, 0.717) is 13.0 Å². The standard InChI is InChI=1S/C18H23NO4/c20-17-5-3-10-19(17)15-8-6-14(7-9-15)12-18(21)23-13-16-4-1-2-11-22-16/h6-9,16H,1-5,10-13H2. The molecule has 0 spiro atoms. The molecule has 1 amide bonds. The summed E-state index contributed by atoms with van der Waals surface area (Å²) in [5.74, 6) is -0.0613. The highest BCUT2D eigenvalue weighted by atomic mass is 16.6. The van der Waals surface area contributed by atoms with Crippen molar-refractivity contribution in [3.05, 3.63) is 29.8 Å². The maximum Gasteiger partial charge on any atom is 0.310 e. The Hall–Kier alpha value is -1.88. The zero-order valence-electron chi connectivity index (χ0n) is 13.3. The van der Waals surface area contributed by atoms with Gasteiger partial charge in [0.1, 0.15) is 6.61 Å². The SMILES string of the molecule is O=C(Cc1ccc(N2CCCC2=O)cc1)OCC1CCCCO1. The second-order valence-electron chi connectivity index (χ2n) is 6.16. The molecule has 0 bridgehead atoms. The van der Waals surface area contributed by atoms with Crippen molar-refractivity contribution in [2.45, 2.75) is 44.6 Å². The van der Waals surface area contributed by atoms with Crippen LogP contribution in [-0.2, 0) is 25.5 Å². The third-order valence-corrected chi connectivity index (χ3v) is 4.37. The van der Waals surface area contributed by atoms with E-state index in [1.165, 1.54) is 0 Å². The largest absolute Gasteiger partial charge is 0.463 e. The first-order valence-electron chi connectivity index (χ1n) is 8.39. The monoisotopic (exact) mass is 317 g/mol. The smallest absolute Gasteiger partial charge is 0.310 e. The Kier molecular flexibility index (Phi) is 5.28. The molecule has 1 aromatic carbocycles. The lowest BCUT2D eigenvalue weighted by atomic mass is 10.1. The summed E-state index contributed by atoms with van der Waals surface area (Å²) in [4.78, 5) is 25.4. The summed E-state index contributed by atoms with van der Waals surface area (Å²) in [6.45, 7) is 1.89. The van der Waals surface area contributed by atoms with Crippen LogP contribution < -0.4 is 4.90 Å². The van der Waals surface area contributed by atoms with Gasteiger partial charge < -0.3 is 14.4 Å². The molecule has 0 radical (unpaired) electrons. The summed E-state index contributed by atoms with van der Waals surface area (Å²) in [6.07, 6.45) is 5.03. The molecule has 0 aliphatic carbocycles. The summed E-state index contributed by atoms with van der Waals surface area (Å²) in [5.41, 5.74) is 1.80. The molecule has 124 valence electrons. The molecule has 5 heteroatoms. The molecule has 0 aromatic heterocycles. The molecule has 5 nitrogen and oxygen atoms in total. The second kappa shape index (κ2) is 7.59. The van der Waals surface area contributed by atoms with Crippen LogP contribution in [0.15, 0.2) is 24.3 Å². The minimum absolute atomic E-state index is 0.0521. The highest BCUT2D eigenvalue weighted by molar-refractivity contribution is 5.95. The van der Waals surface area contributed by atoms with Crippen LogP contribution in [0.5, 0.6) is 0 Å². The van der Waals surface area contributed by atoms with Crippen LogP contribution in [0, 0.1) is 0 Å². The zero-order chi connectivity index (χ0) is 16.1. The number of carbonyl (C=O) groups is 2. The molecule has 2 aliphatic rings. The maximum atomic E-state index is 11.9. The summed E-state index contributed by atoms with van der Waals surface area (Å²) in [6, 6.07) is 7.57. The van der Waals surface area contributed by atoms with Crippen molar-refractivity contribution >= 4 is 17.6 Å². The number of esters is 1. The Morgan fingerprint density at radius 2 is 2.04 bits per heavy atom. The molecule has 0 N–H and O–H groups in total. The number of benzene rings is 1. The van der Waals surface area contributed by atoms with E-state index in [-0.39, 0.29) is 24.4 Å². The van der Waals surface area contributed by atoms with Gasteiger partial charge in [0.15, 0.2) is 0 Å². The van der Waals surface area contributed by atoms with Gasteiger partial charge >= 0.3 is 5.97 Å². The molecule has 2 saturated heterocycles. The normalized spacial score (nSPS) is 21.5. The fraction of sp³-hybridized carbons (Fsp3) is 0.556. The summed E-state index contributed by atoms with van der Waals surface area (Å²) in [5, 5.41) is 0. The van der Waals surface area contributed by atoms with Crippen molar-refractivity contribution in [3.8, 4) is 0 Å². The van der Waals surface area contributed by atoms with Crippen molar-refractivity contribution in [1.29, 1.82) is 0 Å². The quantitative estimate of drug-likeness (QED) is 0.783. The Labute approximate surface area is 136 Å². The van der Waals surface area contributed by atoms with E-state index in [2.05, 4.69) is 0 Å². The highest BCUT2D eigenvalue weighted by Gasteiger charge is 2.21. The first-order valence-corrected chi connectivity index (χ1v) is 8.39. The fourth-order valence-corrected chi connectivity index (χ4v) is 3.06. The van der Waals surface area contributed by atoms with E-state index >= 15 is 0 Å². The van der Waals surface area contributed by atoms with Gasteiger partial charge in [-0.05, 0) is 43.4 Å². The highest BCUT2D eigenvalue weighted by Crippen LogP contribution is 2.21. The van der Waals surface area contributed by atoms with Crippen molar-refractivity contribution in [3.63, 3.8) is 0 Å². The Bertz CT molecular complexity index is 549. The first kappa shape index (κ1) is 16.0. The van der Waals surface area contributed by atoms with E-state index in [9.17, 15) is 9.59 Å². The van der Waals surface area contributed by atoms with Gasteiger partial charge in [0.2, 0.25) is 5.91 Å². The predicted octanol–water partition coefficient (Wildman–Crippen LogP) is 2.47. The van der Waals surface area contributed by atoms with E-state index < -0.39 is 0 Å². The van der Waals surface area contributed by atoms with Crippen LogP contribution in [0.3, 0.4) is 0 Å². The van der Waals surface area contributed by atoms with E-state index in [1.807, 2.05) is 24.3 Å². The Balaban J connectivity index is 1.47. The van der Waals surface area contributed by atoms with Crippen LogP contribution in [0.2, 0.25) is 0 Å². The van der Waals surface area contributed by atoms with E-state index in [1.54, 1.807) is 4.90 Å². The van der Waals surface area contributed by atoms with Crippen LogP contribution in [0.25, 0.3) is 0 Å². The Morgan fingerprint density at radius 1 is 1.22 bits per heavy atom. The van der Waals surface area contributed by atoms with Gasteiger partial charge in [-0.15, -0.1) is 0 Å². The third kappa shape index (κ3) is 4.32. The van der Waals surface area contributed by atoms with Gasteiger partial charge in [-0.25, -0.2) is 0 Å². The molecule has 23 heavy (non-hydrogen) atoms. The van der Waals surface area contributed by atoms with Gasteiger partial charge in [-0.1, -0.05) is 12.1 Å². The Morgan fingerprint density at radius 3 is 2.70 bits per heavy atom. The average Bonchev–Trinajstić information content (AvgIpc) is 3.01. The van der Waals surface area contributed by atoms with Crippen molar-refractivity contribution < 1.29 is 19.1 Å². The molecule has 1 atom stereocenters. The lowest BCUT2D eigenvalue weighted by Gasteiger charge is -2.22. The molecule has 0 saturated carbocycles. The molecule has 2 aliphatic heterocycles. The molecule has 1 unspecified atom stereocenters. The van der Waals surface area contributed by atoms with Crippen molar-refractivity contribution in [2.75, 3.05) is 24.7 Å². The molecular formula is C18H23NO4. The number of hydrogen-bond acceptors (Lipinski definition) is 4. The zero-order valence-corrected chi connectivity index (χ0v) is 13.3. The van der Waals surface area contributed by atoms with Gasteiger partial charge in [0, 0.05) is 25.3 Å². The number of anilines is 1. The van der Waals surface area contributed by atoms with Crippen LogP contribution >= 0.6 is 0 Å². The van der Waals surface area contributed by atoms with Crippen LogP contribution in [0.1, 0.15) is 37.7 Å². The second-order valence-corrected chi connectivity index (χ2v) is 6.16.